The zero-order chi connectivity index (χ0) is 17.8. The third kappa shape index (κ3) is 3.61. The lowest BCUT2D eigenvalue weighted by Gasteiger charge is -2.16. The maximum Gasteiger partial charge on any atom is 0.257 e. The first kappa shape index (κ1) is 17.3. The highest BCUT2D eigenvalue weighted by Crippen LogP contribution is 2.23. The highest BCUT2D eigenvalue weighted by atomic mass is 32.1. The van der Waals surface area contributed by atoms with Gasteiger partial charge in [0.25, 0.3) is 11.9 Å². The van der Waals surface area contributed by atoms with Gasteiger partial charge in [-0.3, -0.25) is 4.79 Å². The van der Waals surface area contributed by atoms with Gasteiger partial charge in [0, 0.05) is 19.8 Å². The molecule has 3 aromatic rings. The number of amides is 1. The Morgan fingerprint density at radius 2 is 2.20 bits per heavy atom. The molecule has 0 bridgehead atoms. The number of carbonyl (C=O) groups is 1. The number of unbranched alkanes of at least 4 members (excludes halogenated alkanes) is 1. The summed E-state index contributed by atoms with van der Waals surface area (Å²) in [6, 6.07) is 5.88. The molecule has 3 rings (SSSR count). The molecule has 0 atom stereocenters. The Bertz CT molecular complexity index is 856. The number of hydrogen-bond donors (Lipinski definition) is 0. The maximum absolute atomic E-state index is 12.6. The van der Waals surface area contributed by atoms with E-state index in [9.17, 15) is 4.79 Å². The number of nitrogens with zero attached hydrogens (tertiary/aromatic N) is 5. The molecular formula is C18H21N5OS. The average molecular weight is 355 g/mol. The molecule has 0 spiro atoms. The lowest BCUT2D eigenvalue weighted by atomic mass is 10.2. The Kier molecular flexibility index (Phi) is 5.23. The molecule has 1 amide bonds. The molecule has 25 heavy (non-hydrogen) atoms. The van der Waals surface area contributed by atoms with Crippen molar-refractivity contribution in [1.29, 1.82) is 0 Å². The molecule has 130 valence electrons. The van der Waals surface area contributed by atoms with E-state index in [1.807, 2.05) is 37.6 Å². The number of aromatic nitrogens is 4. The van der Waals surface area contributed by atoms with Crippen LogP contribution in [0.2, 0.25) is 0 Å². The van der Waals surface area contributed by atoms with Crippen LogP contribution >= 0.6 is 11.3 Å². The fraction of sp³-hybridized carbons (Fsp3) is 0.333. The smallest absolute Gasteiger partial charge is 0.257 e. The first-order valence-corrected chi connectivity index (χ1v) is 9.17. The van der Waals surface area contributed by atoms with Gasteiger partial charge in [0.1, 0.15) is 0 Å². The monoisotopic (exact) mass is 355 g/mol. The summed E-state index contributed by atoms with van der Waals surface area (Å²) in [6.07, 6.45) is 5.36. The summed E-state index contributed by atoms with van der Waals surface area (Å²) in [6.45, 7) is 4.72. The van der Waals surface area contributed by atoms with Gasteiger partial charge in [-0.05, 0) is 30.9 Å². The molecule has 0 saturated heterocycles. The SMILES string of the molecule is CCCCN(C)C(=O)c1cnn(-c2nccc(-c3cccs3)n2)c1C. The summed E-state index contributed by atoms with van der Waals surface area (Å²) in [5.74, 6) is 0.449. The van der Waals surface area contributed by atoms with Crippen molar-refractivity contribution in [2.45, 2.75) is 26.7 Å². The number of thiophene rings is 1. The first-order chi connectivity index (χ1) is 12.1. The minimum Gasteiger partial charge on any atom is -0.342 e. The molecule has 0 radical (unpaired) electrons. The number of carbonyl (C=O) groups excluding carboxylic acids is 1. The van der Waals surface area contributed by atoms with E-state index in [1.54, 1.807) is 33.3 Å². The van der Waals surface area contributed by atoms with Crippen molar-refractivity contribution in [3.8, 4) is 16.5 Å². The predicted octanol–water partition coefficient (Wildman–Crippen LogP) is 3.57. The van der Waals surface area contributed by atoms with E-state index in [2.05, 4.69) is 22.0 Å². The lowest BCUT2D eigenvalue weighted by molar-refractivity contribution is 0.0792. The van der Waals surface area contributed by atoms with Crippen molar-refractivity contribution in [2.75, 3.05) is 13.6 Å². The second-order valence-corrected chi connectivity index (χ2v) is 6.80. The second kappa shape index (κ2) is 7.57. The van der Waals surface area contributed by atoms with E-state index in [1.165, 1.54) is 0 Å². The molecule has 0 unspecified atom stereocenters. The van der Waals surface area contributed by atoms with E-state index in [4.69, 9.17) is 0 Å². The Morgan fingerprint density at radius 3 is 2.92 bits per heavy atom. The summed E-state index contributed by atoms with van der Waals surface area (Å²) < 4.78 is 1.62. The minimum absolute atomic E-state index is 0.0217. The molecule has 0 aliphatic carbocycles. The van der Waals surface area contributed by atoms with Gasteiger partial charge in [0.2, 0.25) is 0 Å². The van der Waals surface area contributed by atoms with E-state index >= 15 is 0 Å². The number of rotatable bonds is 6. The topological polar surface area (TPSA) is 63.9 Å². The highest BCUT2D eigenvalue weighted by Gasteiger charge is 2.19. The van der Waals surface area contributed by atoms with Crippen molar-refractivity contribution in [3.63, 3.8) is 0 Å². The summed E-state index contributed by atoms with van der Waals surface area (Å²) in [4.78, 5) is 24.3. The quantitative estimate of drug-likeness (QED) is 0.678. The molecular weight excluding hydrogens is 334 g/mol. The van der Waals surface area contributed by atoms with Crippen LogP contribution in [0.5, 0.6) is 0 Å². The van der Waals surface area contributed by atoms with Gasteiger partial charge < -0.3 is 4.90 Å². The van der Waals surface area contributed by atoms with Gasteiger partial charge in [-0.15, -0.1) is 11.3 Å². The Balaban J connectivity index is 1.89. The number of hydrogen-bond acceptors (Lipinski definition) is 5. The average Bonchev–Trinajstić information content (AvgIpc) is 3.29. The van der Waals surface area contributed by atoms with Gasteiger partial charge in [-0.2, -0.15) is 5.10 Å². The Labute approximate surface area is 151 Å². The van der Waals surface area contributed by atoms with Crippen molar-refractivity contribution >= 4 is 17.2 Å². The van der Waals surface area contributed by atoms with Crippen LogP contribution in [-0.2, 0) is 0 Å². The van der Waals surface area contributed by atoms with E-state index in [0.717, 1.165) is 35.7 Å². The summed E-state index contributed by atoms with van der Waals surface area (Å²) in [5, 5.41) is 6.35. The van der Waals surface area contributed by atoms with Crippen molar-refractivity contribution in [1.82, 2.24) is 24.6 Å². The lowest BCUT2D eigenvalue weighted by Crippen LogP contribution is -2.28. The largest absolute Gasteiger partial charge is 0.342 e. The third-order valence-electron chi connectivity index (χ3n) is 4.04. The third-order valence-corrected chi connectivity index (χ3v) is 4.93. The van der Waals surface area contributed by atoms with Gasteiger partial charge in [-0.1, -0.05) is 19.4 Å². The molecule has 3 aromatic heterocycles. The van der Waals surface area contributed by atoms with Crippen LogP contribution in [0, 0.1) is 6.92 Å². The van der Waals surface area contributed by atoms with E-state index in [-0.39, 0.29) is 5.91 Å². The summed E-state index contributed by atoms with van der Waals surface area (Å²) in [5.41, 5.74) is 2.18. The van der Waals surface area contributed by atoms with Crippen LogP contribution in [0.4, 0.5) is 0 Å². The summed E-state index contributed by atoms with van der Waals surface area (Å²) >= 11 is 1.62. The van der Waals surface area contributed by atoms with Crippen LogP contribution in [0.25, 0.3) is 16.5 Å². The molecule has 0 saturated carbocycles. The maximum atomic E-state index is 12.6. The molecule has 0 aliphatic rings. The van der Waals surface area contributed by atoms with Gasteiger partial charge in [-0.25, -0.2) is 14.6 Å². The normalized spacial score (nSPS) is 10.8. The van der Waals surface area contributed by atoms with Crippen molar-refractivity contribution < 1.29 is 4.79 Å². The van der Waals surface area contributed by atoms with Gasteiger partial charge >= 0.3 is 0 Å². The van der Waals surface area contributed by atoms with Crippen LogP contribution in [-0.4, -0.2) is 44.1 Å². The standard InChI is InChI=1S/C18H21N5OS/c1-4-5-10-22(3)17(24)14-12-20-23(13(14)2)18-19-9-8-15(21-18)16-7-6-11-25-16/h6-9,11-12H,4-5,10H2,1-3H3. The van der Waals surface area contributed by atoms with Crippen molar-refractivity contribution in [3.05, 3.63) is 47.2 Å². The Hall–Kier alpha value is -2.54. The zero-order valence-corrected chi connectivity index (χ0v) is 15.5. The van der Waals surface area contributed by atoms with Crippen LogP contribution in [0.15, 0.2) is 36.0 Å². The van der Waals surface area contributed by atoms with Crippen LogP contribution in [0.1, 0.15) is 35.8 Å². The summed E-state index contributed by atoms with van der Waals surface area (Å²) in [7, 11) is 1.82. The molecule has 3 heterocycles. The van der Waals surface area contributed by atoms with Gasteiger partial charge in [0.05, 0.1) is 28.0 Å². The highest BCUT2D eigenvalue weighted by molar-refractivity contribution is 7.13. The second-order valence-electron chi connectivity index (χ2n) is 5.85. The molecule has 6 nitrogen and oxygen atoms in total. The van der Waals surface area contributed by atoms with E-state index < -0.39 is 0 Å². The molecule has 0 N–H and O–H groups in total. The Morgan fingerprint density at radius 1 is 1.36 bits per heavy atom. The van der Waals surface area contributed by atoms with Gasteiger partial charge in [0.15, 0.2) is 0 Å². The molecule has 0 aliphatic heterocycles. The predicted molar refractivity (Wildman–Crippen MR) is 99.1 cm³/mol. The molecule has 0 fully saturated rings. The van der Waals surface area contributed by atoms with Crippen LogP contribution in [0.3, 0.4) is 0 Å². The van der Waals surface area contributed by atoms with Crippen molar-refractivity contribution in [2.24, 2.45) is 0 Å². The molecule has 7 heteroatoms. The van der Waals surface area contributed by atoms with E-state index in [0.29, 0.717) is 11.5 Å². The minimum atomic E-state index is -0.0217. The van der Waals surface area contributed by atoms with Crippen LogP contribution < -0.4 is 0 Å². The first-order valence-electron chi connectivity index (χ1n) is 8.29. The zero-order valence-electron chi connectivity index (χ0n) is 14.6. The fourth-order valence-electron chi connectivity index (χ4n) is 2.54. The fourth-order valence-corrected chi connectivity index (χ4v) is 3.23. The molecule has 0 aromatic carbocycles.